The van der Waals surface area contributed by atoms with Crippen LogP contribution < -0.4 is 0 Å². The number of aldehydes is 1. The highest BCUT2D eigenvalue weighted by molar-refractivity contribution is 5.79. The van der Waals surface area contributed by atoms with Crippen molar-refractivity contribution < 1.29 is 9.90 Å². The van der Waals surface area contributed by atoms with E-state index in [0.717, 1.165) is 6.29 Å². The molecular weight excluding hydrogens is 224 g/mol. The standard InChI is InChI=1S/C16H16O2/c1-4-15(18)16(2,3)11-7-10-13-8-5-6-9-14(13)12-17/h1,5-6,8-9,12,15,18H,11H2,2-3H3. The number of hydrogen-bond acceptors (Lipinski definition) is 2. The van der Waals surface area contributed by atoms with Crippen molar-refractivity contribution in [3.05, 3.63) is 35.4 Å². The average Bonchev–Trinajstić information content (AvgIpc) is 2.38. The summed E-state index contributed by atoms with van der Waals surface area (Å²) in [5.41, 5.74) is 0.802. The first-order valence-corrected chi connectivity index (χ1v) is 5.68. The third kappa shape index (κ3) is 3.48. The van der Waals surface area contributed by atoms with Crippen LogP contribution >= 0.6 is 0 Å². The van der Waals surface area contributed by atoms with Gasteiger partial charge >= 0.3 is 0 Å². The number of benzene rings is 1. The van der Waals surface area contributed by atoms with Gasteiger partial charge < -0.3 is 5.11 Å². The Morgan fingerprint density at radius 2 is 2.11 bits per heavy atom. The van der Waals surface area contributed by atoms with E-state index < -0.39 is 11.5 Å². The molecule has 0 amide bonds. The fourth-order valence-electron chi connectivity index (χ4n) is 1.40. The largest absolute Gasteiger partial charge is 0.380 e. The lowest BCUT2D eigenvalue weighted by molar-refractivity contribution is 0.103. The van der Waals surface area contributed by atoms with Crippen molar-refractivity contribution in [1.82, 2.24) is 0 Å². The maximum absolute atomic E-state index is 10.8. The Morgan fingerprint density at radius 3 is 2.72 bits per heavy atom. The predicted molar refractivity (Wildman–Crippen MR) is 71.9 cm³/mol. The maximum atomic E-state index is 10.8. The molecule has 0 bridgehead atoms. The predicted octanol–water partition coefficient (Wildman–Crippen LogP) is 2.26. The molecule has 1 aromatic carbocycles. The number of terminal acetylenes is 1. The summed E-state index contributed by atoms with van der Waals surface area (Å²) in [5.74, 6) is 8.21. The number of aliphatic hydroxyl groups excluding tert-OH is 1. The van der Waals surface area contributed by atoms with Gasteiger partial charge in [0.1, 0.15) is 6.10 Å². The van der Waals surface area contributed by atoms with Gasteiger partial charge in [-0.2, -0.15) is 0 Å². The highest BCUT2D eigenvalue weighted by atomic mass is 16.3. The molecule has 0 spiro atoms. The molecule has 1 rings (SSSR count). The van der Waals surface area contributed by atoms with E-state index in [0.29, 0.717) is 17.5 Å². The van der Waals surface area contributed by atoms with Gasteiger partial charge in [0.05, 0.1) is 0 Å². The fourth-order valence-corrected chi connectivity index (χ4v) is 1.40. The summed E-state index contributed by atoms with van der Waals surface area (Å²) in [7, 11) is 0. The van der Waals surface area contributed by atoms with Gasteiger partial charge in [-0.15, -0.1) is 6.42 Å². The second-order valence-corrected chi connectivity index (χ2v) is 4.74. The maximum Gasteiger partial charge on any atom is 0.151 e. The first-order chi connectivity index (χ1) is 8.51. The average molecular weight is 240 g/mol. The molecule has 0 saturated carbocycles. The van der Waals surface area contributed by atoms with Crippen molar-refractivity contribution in [3.8, 4) is 24.2 Å². The number of hydrogen-bond donors (Lipinski definition) is 1. The van der Waals surface area contributed by atoms with Crippen LogP contribution in [0.15, 0.2) is 24.3 Å². The van der Waals surface area contributed by atoms with Gasteiger partial charge in [0.2, 0.25) is 0 Å². The monoisotopic (exact) mass is 240 g/mol. The van der Waals surface area contributed by atoms with Gasteiger partial charge in [-0.1, -0.05) is 49.8 Å². The molecule has 0 aliphatic heterocycles. The molecule has 18 heavy (non-hydrogen) atoms. The Morgan fingerprint density at radius 1 is 1.44 bits per heavy atom. The minimum Gasteiger partial charge on any atom is -0.380 e. The Kier molecular flexibility index (Phi) is 4.72. The number of carbonyl (C=O) groups is 1. The second kappa shape index (κ2) is 6.05. The molecular formula is C16H16O2. The fraction of sp³-hybridized carbons (Fsp3) is 0.312. The molecule has 1 aromatic rings. The van der Waals surface area contributed by atoms with E-state index >= 15 is 0 Å². The molecule has 0 aromatic heterocycles. The van der Waals surface area contributed by atoms with E-state index in [-0.39, 0.29) is 0 Å². The van der Waals surface area contributed by atoms with E-state index in [9.17, 15) is 9.90 Å². The first kappa shape index (κ1) is 14.0. The Hall–Kier alpha value is -2.03. The number of carbonyl (C=O) groups excluding carboxylic acids is 1. The summed E-state index contributed by atoms with van der Waals surface area (Å²) >= 11 is 0. The van der Waals surface area contributed by atoms with Crippen molar-refractivity contribution in [2.24, 2.45) is 5.41 Å². The number of aliphatic hydroxyl groups is 1. The summed E-state index contributed by atoms with van der Waals surface area (Å²) in [6.45, 7) is 3.72. The van der Waals surface area contributed by atoms with Crippen molar-refractivity contribution >= 4 is 6.29 Å². The molecule has 0 heterocycles. The molecule has 1 atom stereocenters. The molecule has 1 unspecified atom stereocenters. The SMILES string of the molecule is C#CC(O)C(C)(C)CC#Cc1ccccc1C=O. The van der Waals surface area contributed by atoms with Crippen molar-refractivity contribution in [3.63, 3.8) is 0 Å². The summed E-state index contributed by atoms with van der Waals surface area (Å²) in [6, 6.07) is 7.14. The Balaban J connectivity index is 2.85. The lowest BCUT2D eigenvalue weighted by Gasteiger charge is -2.24. The molecule has 0 radical (unpaired) electrons. The lowest BCUT2D eigenvalue weighted by Crippen LogP contribution is -2.27. The van der Waals surface area contributed by atoms with Gasteiger partial charge in [-0.3, -0.25) is 4.79 Å². The Labute approximate surface area is 108 Å². The molecule has 0 saturated heterocycles. The van der Waals surface area contributed by atoms with Crippen LogP contribution in [-0.2, 0) is 0 Å². The van der Waals surface area contributed by atoms with Gasteiger partial charge in [0.25, 0.3) is 0 Å². The van der Waals surface area contributed by atoms with Gasteiger partial charge in [-0.25, -0.2) is 0 Å². The number of rotatable bonds is 3. The van der Waals surface area contributed by atoms with E-state index in [1.165, 1.54) is 0 Å². The first-order valence-electron chi connectivity index (χ1n) is 5.68. The van der Waals surface area contributed by atoms with Crippen LogP contribution in [0.25, 0.3) is 0 Å². The molecule has 0 aliphatic carbocycles. The zero-order chi connectivity index (χ0) is 13.6. The van der Waals surface area contributed by atoms with Crippen molar-refractivity contribution in [2.45, 2.75) is 26.4 Å². The van der Waals surface area contributed by atoms with Crippen LogP contribution in [0.5, 0.6) is 0 Å². The van der Waals surface area contributed by atoms with E-state index in [1.54, 1.807) is 18.2 Å². The molecule has 92 valence electrons. The van der Waals surface area contributed by atoms with Crippen LogP contribution in [0.3, 0.4) is 0 Å². The summed E-state index contributed by atoms with van der Waals surface area (Å²) in [6.07, 6.45) is 5.61. The van der Waals surface area contributed by atoms with Crippen LogP contribution in [0.4, 0.5) is 0 Å². The molecule has 0 aliphatic rings. The van der Waals surface area contributed by atoms with Gasteiger partial charge in [0.15, 0.2) is 6.29 Å². The second-order valence-electron chi connectivity index (χ2n) is 4.74. The summed E-state index contributed by atoms with van der Waals surface area (Å²) < 4.78 is 0. The highest BCUT2D eigenvalue weighted by Gasteiger charge is 2.24. The van der Waals surface area contributed by atoms with E-state index in [1.807, 2.05) is 19.9 Å². The van der Waals surface area contributed by atoms with E-state index in [4.69, 9.17) is 6.42 Å². The van der Waals surface area contributed by atoms with Gasteiger partial charge in [-0.05, 0) is 6.07 Å². The van der Waals surface area contributed by atoms with Crippen molar-refractivity contribution in [1.29, 1.82) is 0 Å². The lowest BCUT2D eigenvalue weighted by atomic mass is 9.83. The third-order valence-corrected chi connectivity index (χ3v) is 2.75. The molecule has 2 nitrogen and oxygen atoms in total. The van der Waals surface area contributed by atoms with Crippen molar-refractivity contribution in [2.75, 3.05) is 0 Å². The zero-order valence-corrected chi connectivity index (χ0v) is 10.6. The minimum atomic E-state index is -0.826. The molecule has 0 fully saturated rings. The van der Waals surface area contributed by atoms with Gasteiger partial charge in [0, 0.05) is 23.0 Å². The normalized spacial score (nSPS) is 11.9. The summed E-state index contributed by atoms with van der Waals surface area (Å²) in [4.78, 5) is 10.8. The smallest absolute Gasteiger partial charge is 0.151 e. The van der Waals surface area contributed by atoms with Crippen LogP contribution in [-0.4, -0.2) is 17.5 Å². The zero-order valence-electron chi connectivity index (χ0n) is 10.6. The highest BCUT2D eigenvalue weighted by Crippen LogP contribution is 2.24. The molecule has 2 heteroatoms. The summed E-state index contributed by atoms with van der Waals surface area (Å²) in [5, 5.41) is 9.62. The quantitative estimate of drug-likeness (QED) is 0.650. The van der Waals surface area contributed by atoms with Crippen LogP contribution in [0, 0.1) is 29.6 Å². The van der Waals surface area contributed by atoms with E-state index in [2.05, 4.69) is 17.8 Å². The Bertz CT molecular complexity index is 524. The third-order valence-electron chi connectivity index (χ3n) is 2.75. The van der Waals surface area contributed by atoms with Crippen LogP contribution in [0.2, 0.25) is 0 Å². The van der Waals surface area contributed by atoms with Crippen LogP contribution in [0.1, 0.15) is 36.2 Å². The topological polar surface area (TPSA) is 37.3 Å². The molecule has 1 N–H and O–H groups in total. The minimum absolute atomic E-state index is 0.460.